The Labute approximate surface area is 85.4 Å². The van der Waals surface area contributed by atoms with Crippen LogP contribution in [0.5, 0.6) is 0 Å². The van der Waals surface area contributed by atoms with Crippen LogP contribution in [0.3, 0.4) is 0 Å². The van der Waals surface area contributed by atoms with Crippen LogP contribution in [0.4, 0.5) is 0 Å². The summed E-state index contributed by atoms with van der Waals surface area (Å²) in [4.78, 5) is 4.11. The van der Waals surface area contributed by atoms with Crippen LogP contribution in [-0.2, 0) is 0 Å². The molecule has 0 aliphatic carbocycles. The lowest BCUT2D eigenvalue weighted by atomic mass is 10.2. The van der Waals surface area contributed by atoms with Crippen LogP contribution in [0.1, 0.15) is 24.2 Å². The second-order valence-corrected chi connectivity index (χ2v) is 2.55. The summed E-state index contributed by atoms with van der Waals surface area (Å²) >= 11 is 0. The maximum absolute atomic E-state index is 5.62. The zero-order valence-corrected chi connectivity index (χ0v) is 8.78. The van der Waals surface area contributed by atoms with E-state index in [2.05, 4.69) is 4.98 Å². The summed E-state index contributed by atoms with van der Waals surface area (Å²) in [5.74, 6) is 0. The molecule has 12 heavy (non-hydrogen) atoms. The van der Waals surface area contributed by atoms with Crippen LogP contribution in [0.25, 0.3) is 0 Å². The molecular formula is C8H14Cl2N2. The summed E-state index contributed by atoms with van der Waals surface area (Å²) in [5, 5.41) is 0. The van der Waals surface area contributed by atoms with Crippen molar-refractivity contribution in [3.63, 3.8) is 0 Å². The lowest BCUT2D eigenvalue weighted by Gasteiger charge is -2.03. The van der Waals surface area contributed by atoms with Gasteiger partial charge in [-0.05, 0) is 31.5 Å². The number of aryl methyl sites for hydroxylation is 1. The van der Waals surface area contributed by atoms with Gasteiger partial charge in [-0.25, -0.2) is 0 Å². The average Bonchev–Trinajstić information content (AvgIpc) is 1.88. The minimum absolute atomic E-state index is 0. The zero-order valence-electron chi connectivity index (χ0n) is 7.15. The molecule has 2 nitrogen and oxygen atoms in total. The average molecular weight is 209 g/mol. The van der Waals surface area contributed by atoms with Gasteiger partial charge in [0.15, 0.2) is 0 Å². The second-order valence-electron chi connectivity index (χ2n) is 2.55. The van der Waals surface area contributed by atoms with E-state index in [1.54, 1.807) is 6.20 Å². The lowest BCUT2D eigenvalue weighted by Crippen LogP contribution is -2.06. The first-order valence-electron chi connectivity index (χ1n) is 3.38. The highest BCUT2D eigenvalue weighted by atomic mass is 35.5. The standard InChI is InChI=1S/C8H12N2.2ClH/c1-6-3-4-10-8(5-6)7(2)9;;/h3-5,7H,9H2,1-2H3;2*1H/t7-;;/m1../s1. The number of nitrogens with zero attached hydrogens (tertiary/aromatic N) is 1. The molecule has 1 aromatic heterocycles. The molecule has 2 N–H and O–H groups in total. The molecule has 0 radical (unpaired) electrons. The van der Waals surface area contributed by atoms with Crippen LogP contribution in [0, 0.1) is 6.92 Å². The highest BCUT2D eigenvalue weighted by molar-refractivity contribution is 5.85. The Bertz CT molecular complexity index is 226. The third kappa shape index (κ3) is 3.90. The smallest absolute Gasteiger partial charge is 0.0570 e. The predicted octanol–water partition coefficient (Wildman–Crippen LogP) is 2.25. The summed E-state index contributed by atoms with van der Waals surface area (Å²) in [7, 11) is 0. The monoisotopic (exact) mass is 208 g/mol. The Morgan fingerprint density at radius 2 is 2.00 bits per heavy atom. The van der Waals surface area contributed by atoms with Crippen molar-refractivity contribution in [1.29, 1.82) is 0 Å². The van der Waals surface area contributed by atoms with Gasteiger partial charge < -0.3 is 5.73 Å². The highest BCUT2D eigenvalue weighted by Gasteiger charge is 1.98. The van der Waals surface area contributed by atoms with E-state index in [1.165, 1.54) is 5.56 Å². The molecule has 1 heterocycles. The summed E-state index contributed by atoms with van der Waals surface area (Å²) in [5.41, 5.74) is 7.79. The van der Waals surface area contributed by atoms with Crippen LogP contribution in [-0.4, -0.2) is 4.98 Å². The van der Waals surface area contributed by atoms with E-state index in [0.717, 1.165) is 5.69 Å². The fourth-order valence-corrected chi connectivity index (χ4v) is 0.809. The van der Waals surface area contributed by atoms with Gasteiger partial charge in [0, 0.05) is 12.2 Å². The minimum atomic E-state index is 0. The van der Waals surface area contributed by atoms with Crippen molar-refractivity contribution in [2.75, 3.05) is 0 Å². The van der Waals surface area contributed by atoms with E-state index in [1.807, 2.05) is 26.0 Å². The third-order valence-electron chi connectivity index (χ3n) is 1.40. The van der Waals surface area contributed by atoms with Crippen molar-refractivity contribution >= 4 is 24.8 Å². The summed E-state index contributed by atoms with van der Waals surface area (Å²) < 4.78 is 0. The maximum Gasteiger partial charge on any atom is 0.0570 e. The van der Waals surface area contributed by atoms with Gasteiger partial charge in [0.1, 0.15) is 0 Å². The van der Waals surface area contributed by atoms with Crippen molar-refractivity contribution in [2.24, 2.45) is 5.73 Å². The summed E-state index contributed by atoms with van der Waals surface area (Å²) in [6.45, 7) is 3.97. The molecule has 0 saturated carbocycles. The Morgan fingerprint density at radius 3 is 2.33 bits per heavy atom. The van der Waals surface area contributed by atoms with E-state index in [4.69, 9.17) is 5.73 Å². The Kier molecular flexibility index (Phi) is 7.39. The number of halogens is 2. The van der Waals surface area contributed by atoms with Crippen molar-refractivity contribution < 1.29 is 0 Å². The zero-order chi connectivity index (χ0) is 7.56. The molecule has 0 saturated heterocycles. The van der Waals surface area contributed by atoms with Crippen LogP contribution in [0.15, 0.2) is 18.3 Å². The topological polar surface area (TPSA) is 38.9 Å². The molecule has 0 bridgehead atoms. The molecule has 1 atom stereocenters. The Hall–Kier alpha value is -0.310. The summed E-state index contributed by atoms with van der Waals surface area (Å²) in [6, 6.07) is 4.01. The molecule has 1 aromatic rings. The highest BCUT2D eigenvalue weighted by Crippen LogP contribution is 2.06. The van der Waals surface area contributed by atoms with E-state index >= 15 is 0 Å². The van der Waals surface area contributed by atoms with Crippen LogP contribution >= 0.6 is 24.8 Å². The van der Waals surface area contributed by atoms with Gasteiger partial charge in [-0.2, -0.15) is 0 Å². The van der Waals surface area contributed by atoms with Gasteiger partial charge in [-0.3, -0.25) is 4.98 Å². The van der Waals surface area contributed by atoms with Crippen LogP contribution < -0.4 is 5.73 Å². The number of hydrogen-bond donors (Lipinski definition) is 1. The van der Waals surface area contributed by atoms with Gasteiger partial charge in [-0.15, -0.1) is 24.8 Å². The van der Waals surface area contributed by atoms with Crippen molar-refractivity contribution in [2.45, 2.75) is 19.9 Å². The first kappa shape index (κ1) is 14.2. The fourth-order valence-electron chi connectivity index (χ4n) is 0.809. The molecule has 0 amide bonds. The SMILES string of the molecule is Cc1ccnc([C@@H](C)N)c1.Cl.Cl. The first-order chi connectivity index (χ1) is 4.70. The Balaban J connectivity index is 0. The molecular weight excluding hydrogens is 195 g/mol. The lowest BCUT2D eigenvalue weighted by molar-refractivity contribution is 0.779. The van der Waals surface area contributed by atoms with Gasteiger partial charge in [0.25, 0.3) is 0 Å². The van der Waals surface area contributed by atoms with Gasteiger partial charge >= 0.3 is 0 Å². The maximum atomic E-state index is 5.62. The predicted molar refractivity (Wildman–Crippen MR) is 56.1 cm³/mol. The van der Waals surface area contributed by atoms with Crippen molar-refractivity contribution in [1.82, 2.24) is 4.98 Å². The number of rotatable bonds is 1. The summed E-state index contributed by atoms with van der Waals surface area (Å²) in [6.07, 6.45) is 1.79. The molecule has 0 unspecified atom stereocenters. The van der Waals surface area contributed by atoms with Crippen LogP contribution in [0.2, 0.25) is 0 Å². The molecule has 0 aliphatic rings. The number of aromatic nitrogens is 1. The minimum Gasteiger partial charge on any atom is -0.323 e. The quantitative estimate of drug-likeness (QED) is 0.770. The molecule has 0 spiro atoms. The number of hydrogen-bond acceptors (Lipinski definition) is 2. The molecule has 4 heteroatoms. The van der Waals surface area contributed by atoms with E-state index < -0.39 is 0 Å². The largest absolute Gasteiger partial charge is 0.323 e. The molecule has 0 aromatic carbocycles. The fraction of sp³-hybridized carbons (Fsp3) is 0.375. The second kappa shape index (κ2) is 6.23. The van der Waals surface area contributed by atoms with Crippen molar-refractivity contribution in [3.8, 4) is 0 Å². The van der Waals surface area contributed by atoms with Gasteiger partial charge in [0.05, 0.1) is 5.69 Å². The van der Waals surface area contributed by atoms with E-state index in [9.17, 15) is 0 Å². The van der Waals surface area contributed by atoms with Crippen molar-refractivity contribution in [3.05, 3.63) is 29.6 Å². The number of pyridine rings is 1. The number of nitrogens with two attached hydrogens (primary N) is 1. The molecule has 0 fully saturated rings. The normalized spacial score (nSPS) is 10.9. The van der Waals surface area contributed by atoms with E-state index in [0.29, 0.717) is 0 Å². The molecule has 1 rings (SSSR count). The Morgan fingerprint density at radius 1 is 1.42 bits per heavy atom. The molecule has 70 valence electrons. The first-order valence-corrected chi connectivity index (χ1v) is 3.38. The van der Waals surface area contributed by atoms with E-state index in [-0.39, 0.29) is 30.9 Å². The third-order valence-corrected chi connectivity index (χ3v) is 1.40. The van der Waals surface area contributed by atoms with Gasteiger partial charge in [-0.1, -0.05) is 0 Å². The molecule has 0 aliphatic heterocycles. The van der Waals surface area contributed by atoms with Gasteiger partial charge in [0.2, 0.25) is 0 Å².